The second kappa shape index (κ2) is 4.20. The second-order valence-electron chi connectivity index (χ2n) is 1.30. The largest absolute Gasteiger partial charge is 0.481 e. The average molecular weight is 111 g/mol. The van der Waals surface area contributed by atoms with Gasteiger partial charge in [0, 0.05) is 12.8 Å². The SMILES string of the molecule is C#C[CH]CCC(=O)O. The number of rotatable bonds is 3. The van der Waals surface area contributed by atoms with Crippen molar-refractivity contribution in [2.75, 3.05) is 0 Å². The molecule has 0 saturated heterocycles. The van der Waals surface area contributed by atoms with Gasteiger partial charge in [0.15, 0.2) is 0 Å². The van der Waals surface area contributed by atoms with Crippen LogP contribution < -0.4 is 0 Å². The number of hydrogen-bond donors (Lipinski definition) is 1. The summed E-state index contributed by atoms with van der Waals surface area (Å²) in [7, 11) is 0. The standard InChI is InChI=1S/C6H7O2/c1-2-3-4-5-6(7)8/h1,3H,4-5H2,(H,7,8). The van der Waals surface area contributed by atoms with Crippen LogP contribution in [0.5, 0.6) is 0 Å². The molecule has 0 aromatic rings. The zero-order chi connectivity index (χ0) is 6.41. The van der Waals surface area contributed by atoms with Gasteiger partial charge in [-0.15, -0.1) is 12.3 Å². The van der Waals surface area contributed by atoms with E-state index in [1.165, 1.54) is 6.42 Å². The third-order valence-electron chi connectivity index (χ3n) is 0.620. The first kappa shape index (κ1) is 7.03. The van der Waals surface area contributed by atoms with Crippen LogP contribution in [0.4, 0.5) is 0 Å². The summed E-state index contributed by atoms with van der Waals surface area (Å²) in [5.74, 6) is 1.43. The fourth-order valence-electron chi connectivity index (χ4n) is 0.279. The molecule has 0 bridgehead atoms. The van der Waals surface area contributed by atoms with Gasteiger partial charge >= 0.3 is 5.97 Å². The summed E-state index contributed by atoms with van der Waals surface area (Å²) < 4.78 is 0. The molecule has 0 saturated carbocycles. The maximum atomic E-state index is 9.79. The van der Waals surface area contributed by atoms with Gasteiger partial charge in [0.1, 0.15) is 0 Å². The van der Waals surface area contributed by atoms with Gasteiger partial charge in [-0.2, -0.15) is 0 Å². The predicted octanol–water partition coefficient (Wildman–Crippen LogP) is 0.689. The molecular weight excluding hydrogens is 104 g/mol. The predicted molar refractivity (Wildman–Crippen MR) is 30.0 cm³/mol. The van der Waals surface area contributed by atoms with Crippen LogP contribution in [-0.4, -0.2) is 11.1 Å². The molecule has 0 rings (SSSR count). The summed E-state index contributed by atoms with van der Waals surface area (Å²) in [6, 6.07) is 0. The van der Waals surface area contributed by atoms with Crippen LogP contribution in [0.2, 0.25) is 0 Å². The van der Waals surface area contributed by atoms with E-state index in [0.29, 0.717) is 6.42 Å². The number of terminal acetylenes is 1. The van der Waals surface area contributed by atoms with Crippen molar-refractivity contribution in [1.82, 2.24) is 0 Å². The van der Waals surface area contributed by atoms with Gasteiger partial charge in [-0.25, -0.2) is 0 Å². The van der Waals surface area contributed by atoms with Crippen LogP contribution in [0, 0.1) is 18.8 Å². The Hall–Kier alpha value is -0.970. The van der Waals surface area contributed by atoms with Crippen molar-refractivity contribution in [3.63, 3.8) is 0 Å². The van der Waals surface area contributed by atoms with Crippen molar-refractivity contribution in [2.24, 2.45) is 0 Å². The normalized spacial score (nSPS) is 7.88. The maximum Gasteiger partial charge on any atom is 0.303 e. The molecule has 0 heterocycles. The van der Waals surface area contributed by atoms with Crippen LogP contribution in [0.15, 0.2) is 0 Å². The Bertz CT molecular complexity index is 110. The molecule has 0 amide bonds. The number of carboxylic acids is 1. The molecule has 0 atom stereocenters. The van der Waals surface area contributed by atoms with Gasteiger partial charge in [0.25, 0.3) is 0 Å². The molecule has 0 aromatic heterocycles. The van der Waals surface area contributed by atoms with Crippen LogP contribution in [0.1, 0.15) is 12.8 Å². The highest BCUT2D eigenvalue weighted by Gasteiger charge is 1.92. The summed E-state index contributed by atoms with van der Waals surface area (Å²) in [5, 5.41) is 8.05. The average Bonchev–Trinajstić information content (AvgIpc) is 1.66. The molecule has 2 heteroatoms. The molecule has 1 radical (unpaired) electrons. The number of hydrogen-bond acceptors (Lipinski definition) is 1. The van der Waals surface area contributed by atoms with E-state index >= 15 is 0 Å². The lowest BCUT2D eigenvalue weighted by molar-refractivity contribution is -0.136. The smallest absolute Gasteiger partial charge is 0.303 e. The highest BCUT2D eigenvalue weighted by Crippen LogP contribution is 1.90. The zero-order valence-corrected chi connectivity index (χ0v) is 4.42. The van der Waals surface area contributed by atoms with Crippen LogP contribution in [0.25, 0.3) is 0 Å². The molecule has 0 aromatic carbocycles. The molecular formula is C6H7O2. The minimum absolute atomic E-state index is 0.129. The number of aliphatic carboxylic acids is 1. The molecule has 2 nitrogen and oxygen atoms in total. The van der Waals surface area contributed by atoms with Gasteiger partial charge in [-0.05, 0) is 6.42 Å². The molecule has 8 heavy (non-hydrogen) atoms. The van der Waals surface area contributed by atoms with E-state index in [-0.39, 0.29) is 6.42 Å². The minimum Gasteiger partial charge on any atom is -0.481 e. The first-order valence-electron chi connectivity index (χ1n) is 2.27. The monoisotopic (exact) mass is 111 g/mol. The third kappa shape index (κ3) is 5.03. The topological polar surface area (TPSA) is 37.3 Å². The van der Waals surface area contributed by atoms with E-state index in [9.17, 15) is 4.79 Å². The summed E-state index contributed by atoms with van der Waals surface area (Å²) in [4.78, 5) is 9.79. The number of unbranched alkanes of at least 4 members (excludes halogenated alkanes) is 1. The Kier molecular flexibility index (Phi) is 3.69. The van der Waals surface area contributed by atoms with Gasteiger partial charge < -0.3 is 5.11 Å². The van der Waals surface area contributed by atoms with E-state index in [1.54, 1.807) is 0 Å². The van der Waals surface area contributed by atoms with E-state index in [1.807, 2.05) is 0 Å². The third-order valence-corrected chi connectivity index (χ3v) is 0.620. The Morgan fingerprint density at radius 3 is 2.88 bits per heavy atom. The summed E-state index contributed by atoms with van der Waals surface area (Å²) in [5.41, 5.74) is 0. The zero-order valence-electron chi connectivity index (χ0n) is 4.42. The lowest BCUT2D eigenvalue weighted by Crippen LogP contribution is -1.92. The number of carboxylic acid groups (broad SMARTS) is 1. The van der Waals surface area contributed by atoms with Crippen LogP contribution in [-0.2, 0) is 4.79 Å². The van der Waals surface area contributed by atoms with Crippen molar-refractivity contribution < 1.29 is 9.90 Å². The summed E-state index contributed by atoms with van der Waals surface area (Å²) in [6.45, 7) is 0. The van der Waals surface area contributed by atoms with E-state index in [4.69, 9.17) is 11.5 Å². The fourth-order valence-corrected chi connectivity index (χ4v) is 0.279. The molecule has 0 unspecified atom stereocenters. The first-order chi connectivity index (χ1) is 3.77. The van der Waals surface area contributed by atoms with Crippen molar-refractivity contribution in [3.05, 3.63) is 6.42 Å². The van der Waals surface area contributed by atoms with Gasteiger partial charge in [-0.3, -0.25) is 4.79 Å². The molecule has 43 valence electrons. The van der Waals surface area contributed by atoms with E-state index < -0.39 is 5.97 Å². The van der Waals surface area contributed by atoms with Gasteiger partial charge in [-0.1, -0.05) is 0 Å². The molecule has 0 aliphatic rings. The molecule has 1 N–H and O–H groups in total. The molecule has 0 aliphatic carbocycles. The highest BCUT2D eigenvalue weighted by atomic mass is 16.4. The van der Waals surface area contributed by atoms with Gasteiger partial charge in [0.2, 0.25) is 0 Å². The summed E-state index contributed by atoms with van der Waals surface area (Å²) in [6.07, 6.45) is 6.90. The lowest BCUT2D eigenvalue weighted by Gasteiger charge is -1.85. The van der Waals surface area contributed by atoms with Crippen molar-refractivity contribution in [3.8, 4) is 12.3 Å². The Balaban J connectivity index is 2.97. The Morgan fingerprint density at radius 2 is 2.50 bits per heavy atom. The van der Waals surface area contributed by atoms with Crippen molar-refractivity contribution in [1.29, 1.82) is 0 Å². The van der Waals surface area contributed by atoms with E-state index in [0.717, 1.165) is 0 Å². The fraction of sp³-hybridized carbons (Fsp3) is 0.333. The molecule has 0 spiro atoms. The van der Waals surface area contributed by atoms with Crippen molar-refractivity contribution >= 4 is 5.97 Å². The quantitative estimate of drug-likeness (QED) is 0.429. The lowest BCUT2D eigenvalue weighted by atomic mass is 10.2. The Morgan fingerprint density at radius 1 is 1.88 bits per heavy atom. The maximum absolute atomic E-state index is 9.79. The van der Waals surface area contributed by atoms with Crippen LogP contribution >= 0.6 is 0 Å². The van der Waals surface area contributed by atoms with E-state index in [2.05, 4.69) is 5.92 Å². The van der Waals surface area contributed by atoms with Gasteiger partial charge in [0.05, 0.1) is 0 Å². The minimum atomic E-state index is -0.809. The summed E-state index contributed by atoms with van der Waals surface area (Å²) >= 11 is 0. The number of carbonyl (C=O) groups is 1. The first-order valence-corrected chi connectivity index (χ1v) is 2.27. The Labute approximate surface area is 48.5 Å². The van der Waals surface area contributed by atoms with Crippen LogP contribution in [0.3, 0.4) is 0 Å². The molecule has 0 aliphatic heterocycles. The van der Waals surface area contributed by atoms with Crippen molar-refractivity contribution in [2.45, 2.75) is 12.8 Å². The molecule has 0 fully saturated rings. The highest BCUT2D eigenvalue weighted by molar-refractivity contribution is 5.66. The second-order valence-corrected chi connectivity index (χ2v) is 1.30.